The molecule has 1 atom stereocenters. The minimum atomic E-state index is -0.502. The Kier molecular flexibility index (Phi) is 3.90. The minimum absolute atomic E-state index is 0.0314. The molecule has 0 aliphatic carbocycles. The van der Waals surface area contributed by atoms with Crippen LogP contribution in [-0.2, 0) is 4.79 Å². The third-order valence-corrected chi connectivity index (χ3v) is 3.31. The van der Waals surface area contributed by atoms with Crippen molar-refractivity contribution >= 4 is 18.5 Å². The number of aromatic nitrogens is 2. The molecule has 1 aromatic rings. The number of H-pyrrole nitrogens is 2. The minimum Gasteiger partial charge on any atom is -0.342 e. The van der Waals surface area contributed by atoms with Crippen molar-refractivity contribution in [3.05, 3.63) is 32.6 Å². The molecule has 1 unspecified atom stereocenters. The Hall–Kier alpha value is -1.50. The molecule has 18 heavy (non-hydrogen) atoms. The van der Waals surface area contributed by atoms with E-state index in [2.05, 4.69) is 22.6 Å². The van der Waals surface area contributed by atoms with E-state index in [0.717, 1.165) is 6.42 Å². The third-order valence-electron chi connectivity index (χ3n) is 3.09. The van der Waals surface area contributed by atoms with Gasteiger partial charge in [-0.3, -0.25) is 14.6 Å². The van der Waals surface area contributed by atoms with Crippen molar-refractivity contribution in [2.24, 2.45) is 0 Å². The van der Waals surface area contributed by atoms with Gasteiger partial charge in [-0.25, -0.2) is 4.79 Å². The topological polar surface area (TPSA) is 86.0 Å². The smallest absolute Gasteiger partial charge is 0.325 e. The predicted octanol–water partition coefficient (Wildman–Crippen LogP) is -0.301. The average Bonchev–Trinajstić information content (AvgIpc) is 2.77. The molecular weight excluding hydrogens is 254 g/mol. The molecule has 0 saturated carbocycles. The maximum Gasteiger partial charge on any atom is 0.325 e. The van der Waals surface area contributed by atoms with Crippen LogP contribution < -0.4 is 11.2 Å². The van der Waals surface area contributed by atoms with E-state index in [0.29, 0.717) is 31.0 Å². The maximum absolute atomic E-state index is 11.7. The molecule has 1 aromatic heterocycles. The standard InChI is InChI=1S/C11H15N3O3S/c15-9-5-8(12-11(17)13-9)7-1-3-14(6-7)10(16)2-4-18/h5,7,18H,1-4,6H2,(H2,12,13,15,17). The second-order valence-corrected chi connectivity index (χ2v) is 4.79. The summed E-state index contributed by atoms with van der Waals surface area (Å²) < 4.78 is 0. The van der Waals surface area contributed by atoms with Crippen LogP contribution in [0, 0.1) is 0 Å². The number of carbonyl (C=O) groups excluding carboxylic acids is 1. The van der Waals surface area contributed by atoms with Crippen molar-refractivity contribution in [1.29, 1.82) is 0 Å². The number of aromatic amines is 2. The second-order valence-electron chi connectivity index (χ2n) is 4.34. The van der Waals surface area contributed by atoms with Gasteiger partial charge in [-0.05, 0) is 12.2 Å². The molecule has 0 aromatic carbocycles. The Morgan fingerprint density at radius 2 is 2.22 bits per heavy atom. The zero-order chi connectivity index (χ0) is 13.1. The molecule has 2 heterocycles. The highest BCUT2D eigenvalue weighted by molar-refractivity contribution is 7.80. The van der Waals surface area contributed by atoms with Crippen LogP contribution >= 0.6 is 12.6 Å². The van der Waals surface area contributed by atoms with Gasteiger partial charge >= 0.3 is 5.69 Å². The number of carbonyl (C=O) groups is 1. The van der Waals surface area contributed by atoms with E-state index >= 15 is 0 Å². The van der Waals surface area contributed by atoms with Crippen molar-refractivity contribution in [2.45, 2.75) is 18.8 Å². The van der Waals surface area contributed by atoms with Gasteiger partial charge in [0.05, 0.1) is 0 Å². The average molecular weight is 269 g/mol. The molecule has 0 spiro atoms. The molecule has 6 nitrogen and oxygen atoms in total. The van der Waals surface area contributed by atoms with Crippen LogP contribution in [0.5, 0.6) is 0 Å². The van der Waals surface area contributed by atoms with E-state index in [-0.39, 0.29) is 11.8 Å². The van der Waals surface area contributed by atoms with Gasteiger partial charge in [0.25, 0.3) is 5.56 Å². The molecule has 1 saturated heterocycles. The second kappa shape index (κ2) is 5.43. The first kappa shape index (κ1) is 12.9. The van der Waals surface area contributed by atoms with Gasteiger partial charge < -0.3 is 9.88 Å². The number of nitrogens with one attached hydrogen (secondary N) is 2. The first-order valence-corrected chi connectivity index (χ1v) is 6.45. The van der Waals surface area contributed by atoms with Crippen LogP contribution in [0.4, 0.5) is 0 Å². The highest BCUT2D eigenvalue weighted by atomic mass is 32.1. The van der Waals surface area contributed by atoms with Crippen LogP contribution in [0.3, 0.4) is 0 Å². The van der Waals surface area contributed by atoms with Gasteiger partial charge in [-0.2, -0.15) is 12.6 Å². The summed E-state index contributed by atoms with van der Waals surface area (Å²) in [5.41, 5.74) is -0.309. The van der Waals surface area contributed by atoms with Crippen molar-refractivity contribution in [3.8, 4) is 0 Å². The number of hydrogen-bond donors (Lipinski definition) is 3. The van der Waals surface area contributed by atoms with Gasteiger partial charge in [-0.1, -0.05) is 0 Å². The van der Waals surface area contributed by atoms with Gasteiger partial charge in [-0.15, -0.1) is 0 Å². The lowest BCUT2D eigenvalue weighted by molar-refractivity contribution is -0.129. The summed E-state index contributed by atoms with van der Waals surface area (Å²) in [4.78, 5) is 40.6. The summed E-state index contributed by atoms with van der Waals surface area (Å²) >= 11 is 4.03. The maximum atomic E-state index is 11.7. The van der Waals surface area contributed by atoms with Crippen molar-refractivity contribution in [3.63, 3.8) is 0 Å². The van der Waals surface area contributed by atoms with Gasteiger partial charge in [0.2, 0.25) is 5.91 Å². The van der Waals surface area contributed by atoms with E-state index in [1.54, 1.807) is 4.90 Å². The summed E-state index contributed by atoms with van der Waals surface area (Å²) in [6.07, 6.45) is 1.18. The largest absolute Gasteiger partial charge is 0.342 e. The number of thiol groups is 1. The SMILES string of the molecule is O=C(CCS)N1CCC(c2cc(=O)[nH]c(=O)[nH]2)C1. The lowest BCUT2D eigenvalue weighted by Crippen LogP contribution is -2.29. The summed E-state index contributed by atoms with van der Waals surface area (Å²) in [7, 11) is 0. The van der Waals surface area contributed by atoms with E-state index in [1.807, 2.05) is 0 Å². The fourth-order valence-corrected chi connectivity index (χ4v) is 2.39. The molecule has 1 aliphatic rings. The van der Waals surface area contributed by atoms with Gasteiger partial charge in [0.15, 0.2) is 0 Å². The summed E-state index contributed by atoms with van der Waals surface area (Å²) in [6.45, 7) is 1.21. The van der Waals surface area contributed by atoms with E-state index in [4.69, 9.17) is 0 Å². The molecule has 0 radical (unpaired) electrons. The molecule has 2 rings (SSSR count). The van der Waals surface area contributed by atoms with Crippen LogP contribution in [0.15, 0.2) is 15.7 Å². The molecule has 98 valence electrons. The number of likely N-dealkylation sites (tertiary alicyclic amines) is 1. The Labute approximate surface area is 109 Å². The number of nitrogens with zero attached hydrogens (tertiary/aromatic N) is 1. The normalized spacial score (nSPS) is 19.2. The van der Waals surface area contributed by atoms with Crippen LogP contribution in [0.2, 0.25) is 0 Å². The van der Waals surface area contributed by atoms with E-state index in [1.165, 1.54) is 6.07 Å². The summed E-state index contributed by atoms with van der Waals surface area (Å²) in [5.74, 6) is 0.630. The van der Waals surface area contributed by atoms with Crippen LogP contribution in [0.25, 0.3) is 0 Å². The Morgan fingerprint density at radius 3 is 2.89 bits per heavy atom. The quantitative estimate of drug-likeness (QED) is 0.658. The number of amides is 1. The van der Waals surface area contributed by atoms with Crippen molar-refractivity contribution in [2.75, 3.05) is 18.8 Å². The third kappa shape index (κ3) is 2.84. The monoisotopic (exact) mass is 269 g/mol. The van der Waals surface area contributed by atoms with E-state index < -0.39 is 11.2 Å². The fourth-order valence-electron chi connectivity index (χ4n) is 2.20. The van der Waals surface area contributed by atoms with E-state index in [9.17, 15) is 14.4 Å². The lowest BCUT2D eigenvalue weighted by Gasteiger charge is -2.15. The molecule has 1 fully saturated rings. The number of hydrogen-bond acceptors (Lipinski definition) is 4. The molecule has 7 heteroatoms. The Bertz CT molecular complexity index is 523. The van der Waals surface area contributed by atoms with Gasteiger partial charge in [0, 0.05) is 37.2 Å². The Balaban J connectivity index is 2.11. The first-order valence-electron chi connectivity index (χ1n) is 5.82. The van der Waals surface area contributed by atoms with Crippen molar-refractivity contribution in [1.82, 2.24) is 14.9 Å². The van der Waals surface area contributed by atoms with Crippen LogP contribution in [-0.4, -0.2) is 39.6 Å². The molecule has 1 amide bonds. The zero-order valence-electron chi connectivity index (χ0n) is 9.81. The molecule has 2 N–H and O–H groups in total. The molecule has 0 bridgehead atoms. The fraction of sp³-hybridized carbons (Fsp3) is 0.545. The first-order chi connectivity index (χ1) is 8.60. The molecule has 1 aliphatic heterocycles. The highest BCUT2D eigenvalue weighted by Gasteiger charge is 2.27. The highest BCUT2D eigenvalue weighted by Crippen LogP contribution is 2.24. The lowest BCUT2D eigenvalue weighted by atomic mass is 10.1. The zero-order valence-corrected chi connectivity index (χ0v) is 10.7. The van der Waals surface area contributed by atoms with Crippen LogP contribution in [0.1, 0.15) is 24.5 Å². The van der Waals surface area contributed by atoms with Gasteiger partial charge in [0.1, 0.15) is 0 Å². The summed E-state index contributed by atoms with van der Waals surface area (Å²) in [6, 6.07) is 1.39. The van der Waals surface area contributed by atoms with Crippen molar-refractivity contribution < 1.29 is 4.79 Å². The molecular formula is C11H15N3O3S. The predicted molar refractivity (Wildman–Crippen MR) is 70.1 cm³/mol. The Morgan fingerprint density at radius 1 is 1.44 bits per heavy atom. The number of rotatable bonds is 3. The summed E-state index contributed by atoms with van der Waals surface area (Å²) in [5, 5.41) is 0.